The zero-order valence-corrected chi connectivity index (χ0v) is 10.4. The Morgan fingerprint density at radius 1 is 1.53 bits per heavy atom. The molecule has 0 bridgehead atoms. The van der Waals surface area contributed by atoms with Crippen LogP contribution in [0.15, 0.2) is 18.2 Å². The van der Waals surface area contributed by atoms with E-state index < -0.39 is 0 Å². The molecule has 5 heteroatoms. The van der Waals surface area contributed by atoms with E-state index in [-0.39, 0.29) is 12.0 Å². The topological polar surface area (TPSA) is 76.4 Å². The molecule has 0 aliphatic heterocycles. The standard InChI is InChI=1S/C12H19N3O2/c1-8(17-3)7-15-11-5-4-9(6-10(11)13)12(16)14-2/h4-6,8,15H,7,13H2,1-3H3,(H,14,16). The van der Waals surface area contributed by atoms with E-state index in [1.54, 1.807) is 32.4 Å². The molecule has 1 unspecified atom stereocenters. The van der Waals surface area contributed by atoms with Crippen LogP contribution in [0.2, 0.25) is 0 Å². The number of anilines is 2. The minimum atomic E-state index is -0.145. The van der Waals surface area contributed by atoms with Crippen molar-refractivity contribution in [3.63, 3.8) is 0 Å². The summed E-state index contributed by atoms with van der Waals surface area (Å²) in [4.78, 5) is 11.4. The summed E-state index contributed by atoms with van der Waals surface area (Å²) < 4.78 is 5.12. The van der Waals surface area contributed by atoms with Crippen molar-refractivity contribution in [2.45, 2.75) is 13.0 Å². The second kappa shape index (κ2) is 6.10. The van der Waals surface area contributed by atoms with Gasteiger partial charge >= 0.3 is 0 Å². The Labute approximate surface area is 101 Å². The summed E-state index contributed by atoms with van der Waals surface area (Å²) in [5.41, 5.74) is 7.77. The molecule has 0 radical (unpaired) electrons. The Bertz CT molecular complexity index is 393. The third-order valence-electron chi connectivity index (χ3n) is 2.52. The van der Waals surface area contributed by atoms with E-state index in [1.165, 1.54) is 0 Å². The van der Waals surface area contributed by atoms with E-state index in [1.807, 2.05) is 6.92 Å². The number of ether oxygens (including phenoxy) is 1. The summed E-state index contributed by atoms with van der Waals surface area (Å²) in [6, 6.07) is 5.18. The summed E-state index contributed by atoms with van der Waals surface area (Å²) in [6.45, 7) is 2.63. The first kappa shape index (κ1) is 13.3. The first-order chi connectivity index (χ1) is 8.08. The van der Waals surface area contributed by atoms with Crippen LogP contribution in [0.25, 0.3) is 0 Å². The van der Waals surface area contributed by atoms with Crippen molar-refractivity contribution in [3.05, 3.63) is 23.8 Å². The number of methoxy groups -OCH3 is 1. The molecule has 1 amide bonds. The highest BCUT2D eigenvalue weighted by Gasteiger charge is 2.07. The molecule has 0 saturated heterocycles. The molecular weight excluding hydrogens is 218 g/mol. The fraction of sp³-hybridized carbons (Fsp3) is 0.417. The number of hydrogen-bond acceptors (Lipinski definition) is 4. The zero-order chi connectivity index (χ0) is 12.8. The lowest BCUT2D eigenvalue weighted by molar-refractivity contribution is 0.0963. The molecule has 5 nitrogen and oxygen atoms in total. The van der Waals surface area contributed by atoms with Gasteiger partial charge in [-0.15, -0.1) is 0 Å². The monoisotopic (exact) mass is 237 g/mol. The predicted octanol–water partition coefficient (Wildman–Crippen LogP) is 1.08. The van der Waals surface area contributed by atoms with Gasteiger partial charge in [0.15, 0.2) is 0 Å². The van der Waals surface area contributed by atoms with Crippen molar-refractivity contribution < 1.29 is 9.53 Å². The zero-order valence-electron chi connectivity index (χ0n) is 10.4. The normalized spacial score (nSPS) is 11.9. The van der Waals surface area contributed by atoms with Crippen molar-refractivity contribution in [1.29, 1.82) is 0 Å². The Kier molecular flexibility index (Phi) is 4.78. The van der Waals surface area contributed by atoms with Gasteiger partial charge in [-0.2, -0.15) is 0 Å². The SMILES string of the molecule is CNC(=O)c1ccc(NCC(C)OC)c(N)c1. The predicted molar refractivity (Wildman–Crippen MR) is 69.2 cm³/mol. The van der Waals surface area contributed by atoms with E-state index in [9.17, 15) is 4.79 Å². The fourth-order valence-electron chi connectivity index (χ4n) is 1.35. The molecule has 1 aromatic carbocycles. The van der Waals surface area contributed by atoms with Crippen molar-refractivity contribution >= 4 is 17.3 Å². The number of carbonyl (C=O) groups is 1. The van der Waals surface area contributed by atoms with Crippen LogP contribution >= 0.6 is 0 Å². The molecule has 17 heavy (non-hydrogen) atoms. The minimum absolute atomic E-state index is 0.105. The summed E-state index contributed by atoms with van der Waals surface area (Å²) in [7, 11) is 3.25. The van der Waals surface area contributed by atoms with E-state index >= 15 is 0 Å². The van der Waals surface area contributed by atoms with Crippen LogP contribution in [0.4, 0.5) is 11.4 Å². The Hall–Kier alpha value is -1.75. The highest BCUT2D eigenvalue weighted by atomic mass is 16.5. The van der Waals surface area contributed by atoms with Gasteiger partial charge in [0.05, 0.1) is 17.5 Å². The van der Waals surface area contributed by atoms with Crippen LogP contribution in [0.3, 0.4) is 0 Å². The van der Waals surface area contributed by atoms with Gasteiger partial charge in [0.1, 0.15) is 0 Å². The van der Waals surface area contributed by atoms with Gasteiger partial charge in [0.25, 0.3) is 5.91 Å². The minimum Gasteiger partial charge on any atom is -0.397 e. The molecule has 0 aromatic heterocycles. The Balaban J connectivity index is 2.73. The highest BCUT2D eigenvalue weighted by Crippen LogP contribution is 2.19. The van der Waals surface area contributed by atoms with Gasteiger partial charge in [-0.05, 0) is 25.1 Å². The molecule has 1 atom stereocenters. The van der Waals surface area contributed by atoms with Gasteiger partial charge in [-0.3, -0.25) is 4.79 Å². The lowest BCUT2D eigenvalue weighted by Gasteiger charge is -2.14. The number of benzene rings is 1. The fourth-order valence-corrected chi connectivity index (χ4v) is 1.35. The molecule has 0 aliphatic carbocycles. The summed E-state index contributed by atoms with van der Waals surface area (Å²) in [5.74, 6) is -0.145. The average molecular weight is 237 g/mol. The van der Waals surface area contributed by atoms with E-state index in [2.05, 4.69) is 10.6 Å². The molecule has 0 spiro atoms. The van der Waals surface area contributed by atoms with E-state index in [0.717, 1.165) is 5.69 Å². The Morgan fingerprint density at radius 3 is 2.76 bits per heavy atom. The highest BCUT2D eigenvalue weighted by molar-refractivity contribution is 5.95. The Morgan fingerprint density at radius 2 is 2.24 bits per heavy atom. The molecule has 0 fully saturated rings. The van der Waals surface area contributed by atoms with Gasteiger partial charge in [-0.25, -0.2) is 0 Å². The maximum atomic E-state index is 11.4. The number of nitrogens with one attached hydrogen (secondary N) is 2. The molecule has 94 valence electrons. The summed E-state index contributed by atoms with van der Waals surface area (Å²) in [6.07, 6.45) is 0.105. The molecule has 4 N–H and O–H groups in total. The number of nitrogen functional groups attached to an aromatic ring is 1. The maximum absolute atomic E-state index is 11.4. The number of hydrogen-bond donors (Lipinski definition) is 3. The van der Waals surface area contributed by atoms with Crippen LogP contribution in [-0.2, 0) is 4.74 Å². The smallest absolute Gasteiger partial charge is 0.251 e. The average Bonchev–Trinajstić information content (AvgIpc) is 2.35. The van der Waals surface area contributed by atoms with Crippen LogP contribution in [-0.4, -0.2) is 32.7 Å². The first-order valence-electron chi connectivity index (χ1n) is 5.46. The van der Waals surface area contributed by atoms with E-state index in [4.69, 9.17) is 10.5 Å². The van der Waals surface area contributed by atoms with Crippen molar-refractivity contribution in [2.75, 3.05) is 31.8 Å². The number of amides is 1. The first-order valence-corrected chi connectivity index (χ1v) is 5.46. The van der Waals surface area contributed by atoms with Crippen molar-refractivity contribution in [3.8, 4) is 0 Å². The molecule has 1 aromatic rings. The van der Waals surface area contributed by atoms with Crippen LogP contribution < -0.4 is 16.4 Å². The van der Waals surface area contributed by atoms with Gasteiger partial charge in [0, 0.05) is 26.3 Å². The quantitative estimate of drug-likeness (QED) is 0.670. The largest absolute Gasteiger partial charge is 0.397 e. The van der Waals surface area contributed by atoms with Gasteiger partial charge < -0.3 is 21.1 Å². The number of carbonyl (C=O) groups excluding carboxylic acids is 1. The summed E-state index contributed by atoms with van der Waals surface area (Å²) in [5, 5.41) is 5.72. The second-order valence-corrected chi connectivity index (χ2v) is 3.81. The van der Waals surface area contributed by atoms with Gasteiger partial charge in [0.2, 0.25) is 0 Å². The lowest BCUT2D eigenvalue weighted by atomic mass is 10.1. The molecule has 1 rings (SSSR count). The second-order valence-electron chi connectivity index (χ2n) is 3.81. The van der Waals surface area contributed by atoms with Crippen LogP contribution in [0.1, 0.15) is 17.3 Å². The maximum Gasteiger partial charge on any atom is 0.251 e. The van der Waals surface area contributed by atoms with Crippen LogP contribution in [0.5, 0.6) is 0 Å². The third-order valence-corrected chi connectivity index (χ3v) is 2.52. The number of rotatable bonds is 5. The van der Waals surface area contributed by atoms with Crippen molar-refractivity contribution in [2.24, 2.45) is 0 Å². The van der Waals surface area contributed by atoms with E-state index in [0.29, 0.717) is 17.8 Å². The lowest BCUT2D eigenvalue weighted by Crippen LogP contribution is -2.20. The molecule has 0 aliphatic rings. The molecule has 0 saturated carbocycles. The molecule has 0 heterocycles. The third kappa shape index (κ3) is 3.64. The van der Waals surface area contributed by atoms with Gasteiger partial charge in [-0.1, -0.05) is 0 Å². The van der Waals surface area contributed by atoms with Crippen molar-refractivity contribution in [1.82, 2.24) is 5.32 Å². The van der Waals surface area contributed by atoms with Crippen LogP contribution in [0, 0.1) is 0 Å². The summed E-state index contributed by atoms with van der Waals surface area (Å²) >= 11 is 0. The molecular formula is C12H19N3O2. The number of nitrogens with two attached hydrogens (primary N) is 1.